The van der Waals surface area contributed by atoms with Crippen molar-refractivity contribution in [3.63, 3.8) is 0 Å². The van der Waals surface area contributed by atoms with Crippen LogP contribution in [-0.4, -0.2) is 17.5 Å². The number of ketones is 1. The molecule has 1 N–H and O–H groups in total. The van der Waals surface area contributed by atoms with Crippen molar-refractivity contribution in [2.45, 2.75) is 58.6 Å². The third kappa shape index (κ3) is 3.76. The highest BCUT2D eigenvalue weighted by atomic mass is 16.6. The van der Waals surface area contributed by atoms with Gasteiger partial charge in [-0.1, -0.05) is 29.8 Å². The zero-order valence-corrected chi connectivity index (χ0v) is 14.7. The lowest BCUT2D eigenvalue weighted by Crippen LogP contribution is -2.44. The smallest absolute Gasteiger partial charge is 0.408 e. The number of aryl methyl sites for hydroxylation is 1. The van der Waals surface area contributed by atoms with Gasteiger partial charge in [-0.15, -0.1) is 0 Å². The summed E-state index contributed by atoms with van der Waals surface area (Å²) >= 11 is 0. The molecule has 0 radical (unpaired) electrons. The molecule has 1 aromatic rings. The maximum atomic E-state index is 12.5. The summed E-state index contributed by atoms with van der Waals surface area (Å²) in [7, 11) is 0. The average molecular weight is 328 g/mol. The molecule has 0 saturated heterocycles. The number of amides is 1. The van der Waals surface area contributed by atoms with E-state index in [0.29, 0.717) is 19.3 Å². The number of carbonyl (C=O) groups excluding carboxylic acids is 2. The Hall–Kier alpha value is -2.35. The highest BCUT2D eigenvalue weighted by Crippen LogP contribution is 2.44. The monoisotopic (exact) mass is 328 g/mol. The third-order valence-corrected chi connectivity index (χ3v) is 4.24. The Labute approximate surface area is 143 Å². The van der Waals surface area contributed by atoms with Crippen molar-refractivity contribution in [2.75, 3.05) is 0 Å². The van der Waals surface area contributed by atoms with E-state index in [9.17, 15) is 14.9 Å². The fourth-order valence-electron chi connectivity index (χ4n) is 3.05. The zero-order valence-electron chi connectivity index (χ0n) is 14.7. The molecule has 0 aromatic heterocycles. The Morgan fingerprint density at radius 3 is 2.42 bits per heavy atom. The van der Waals surface area contributed by atoms with Gasteiger partial charge in [0.25, 0.3) is 0 Å². The topological polar surface area (TPSA) is 79.2 Å². The molecule has 0 aliphatic heterocycles. The summed E-state index contributed by atoms with van der Waals surface area (Å²) in [6, 6.07) is 8.99. The largest absolute Gasteiger partial charge is 0.444 e. The second-order valence-corrected chi connectivity index (χ2v) is 7.35. The Bertz CT molecular complexity index is 667. The standard InChI is InChI=1S/C19H24N2O3/c1-13-7-9-14(10-8-13)16(21-17(23)24-18(2,3)4)19(12-20)11-5-6-15(19)22/h7-10,16H,5-6,11H2,1-4H3,(H,21,23)/t16-,19+/m0/s1. The van der Waals surface area contributed by atoms with Gasteiger partial charge in [-0.25, -0.2) is 4.79 Å². The Morgan fingerprint density at radius 2 is 1.96 bits per heavy atom. The second-order valence-electron chi connectivity index (χ2n) is 7.35. The second kappa shape index (κ2) is 6.64. The van der Waals surface area contributed by atoms with Crippen molar-refractivity contribution >= 4 is 11.9 Å². The summed E-state index contributed by atoms with van der Waals surface area (Å²) in [6.45, 7) is 7.28. The van der Waals surface area contributed by atoms with Crippen LogP contribution in [0.4, 0.5) is 4.79 Å². The van der Waals surface area contributed by atoms with Crippen molar-refractivity contribution in [1.82, 2.24) is 5.32 Å². The molecule has 0 bridgehead atoms. The predicted octanol–water partition coefficient (Wildman–Crippen LogP) is 3.82. The fraction of sp³-hybridized carbons (Fsp3) is 0.526. The maximum Gasteiger partial charge on any atom is 0.408 e. The van der Waals surface area contributed by atoms with Crippen molar-refractivity contribution in [2.24, 2.45) is 5.41 Å². The molecule has 0 spiro atoms. The van der Waals surface area contributed by atoms with Crippen LogP contribution in [0.25, 0.3) is 0 Å². The summed E-state index contributed by atoms with van der Waals surface area (Å²) in [5, 5.41) is 12.5. The number of nitrogens with one attached hydrogen (secondary N) is 1. The Kier molecular flexibility index (Phi) is 4.98. The molecule has 24 heavy (non-hydrogen) atoms. The van der Waals surface area contributed by atoms with Crippen LogP contribution in [0.2, 0.25) is 0 Å². The molecule has 2 atom stereocenters. The van der Waals surface area contributed by atoms with E-state index in [1.54, 1.807) is 20.8 Å². The highest BCUT2D eigenvalue weighted by Gasteiger charge is 2.50. The molecular weight excluding hydrogens is 304 g/mol. The minimum Gasteiger partial charge on any atom is -0.444 e. The molecule has 5 nitrogen and oxygen atoms in total. The van der Waals surface area contributed by atoms with Crippen LogP contribution in [-0.2, 0) is 9.53 Å². The van der Waals surface area contributed by atoms with Crippen LogP contribution >= 0.6 is 0 Å². The van der Waals surface area contributed by atoms with Crippen molar-refractivity contribution in [3.8, 4) is 6.07 Å². The van der Waals surface area contributed by atoms with Gasteiger partial charge >= 0.3 is 6.09 Å². The van der Waals surface area contributed by atoms with Crippen LogP contribution in [0.5, 0.6) is 0 Å². The third-order valence-electron chi connectivity index (χ3n) is 4.24. The number of rotatable bonds is 3. The molecule has 1 amide bonds. The van der Waals surface area contributed by atoms with E-state index >= 15 is 0 Å². The molecular formula is C19H24N2O3. The molecule has 1 fully saturated rings. The van der Waals surface area contributed by atoms with E-state index < -0.39 is 23.2 Å². The van der Waals surface area contributed by atoms with E-state index in [2.05, 4.69) is 11.4 Å². The van der Waals surface area contributed by atoms with Gasteiger partial charge in [0.1, 0.15) is 11.0 Å². The molecule has 0 unspecified atom stereocenters. The van der Waals surface area contributed by atoms with Gasteiger partial charge in [-0.05, 0) is 46.1 Å². The quantitative estimate of drug-likeness (QED) is 0.914. The van der Waals surface area contributed by atoms with E-state index in [1.165, 1.54) is 0 Å². The van der Waals surface area contributed by atoms with Gasteiger partial charge in [0.15, 0.2) is 5.78 Å². The van der Waals surface area contributed by atoms with Gasteiger partial charge in [0, 0.05) is 6.42 Å². The van der Waals surface area contributed by atoms with Crippen LogP contribution in [0.15, 0.2) is 24.3 Å². The Balaban J connectivity index is 2.39. The van der Waals surface area contributed by atoms with Crippen LogP contribution in [0.1, 0.15) is 57.2 Å². The predicted molar refractivity (Wildman–Crippen MR) is 90.2 cm³/mol. The zero-order chi connectivity index (χ0) is 18.0. The first-order valence-corrected chi connectivity index (χ1v) is 8.18. The number of benzene rings is 1. The number of nitriles is 1. The van der Waals surface area contributed by atoms with Crippen molar-refractivity contribution in [1.29, 1.82) is 5.26 Å². The molecule has 1 aliphatic carbocycles. The van der Waals surface area contributed by atoms with E-state index in [1.807, 2.05) is 31.2 Å². The Morgan fingerprint density at radius 1 is 1.33 bits per heavy atom. The molecule has 5 heteroatoms. The van der Waals surface area contributed by atoms with Gasteiger partial charge < -0.3 is 10.1 Å². The van der Waals surface area contributed by atoms with E-state index in [4.69, 9.17) is 4.74 Å². The first-order valence-electron chi connectivity index (χ1n) is 8.18. The maximum absolute atomic E-state index is 12.5. The van der Waals surface area contributed by atoms with Gasteiger partial charge in [0.2, 0.25) is 0 Å². The number of ether oxygens (including phenoxy) is 1. The summed E-state index contributed by atoms with van der Waals surface area (Å²) in [5.41, 5.74) is -0.0742. The normalized spacial score (nSPS) is 21.9. The number of alkyl carbamates (subject to hydrolysis) is 1. The number of hydrogen-bond acceptors (Lipinski definition) is 4. The molecule has 1 aliphatic rings. The van der Waals surface area contributed by atoms with E-state index in [0.717, 1.165) is 11.1 Å². The number of nitrogens with zero attached hydrogens (tertiary/aromatic N) is 1. The van der Waals surface area contributed by atoms with Crippen LogP contribution in [0.3, 0.4) is 0 Å². The van der Waals surface area contributed by atoms with Crippen molar-refractivity contribution < 1.29 is 14.3 Å². The van der Waals surface area contributed by atoms with Gasteiger partial charge in [0.05, 0.1) is 12.1 Å². The highest BCUT2D eigenvalue weighted by molar-refractivity contribution is 5.91. The average Bonchev–Trinajstić information content (AvgIpc) is 2.86. The van der Waals surface area contributed by atoms with Gasteiger partial charge in [-0.2, -0.15) is 5.26 Å². The number of carbonyl (C=O) groups is 2. The van der Waals surface area contributed by atoms with E-state index in [-0.39, 0.29) is 5.78 Å². The number of hydrogen-bond donors (Lipinski definition) is 1. The minimum atomic E-state index is -1.23. The minimum absolute atomic E-state index is 0.119. The lowest BCUT2D eigenvalue weighted by molar-refractivity contribution is -0.124. The molecule has 0 heterocycles. The SMILES string of the molecule is Cc1ccc([C@H](NC(=O)OC(C)(C)C)[C@@]2(C#N)CCCC2=O)cc1. The van der Waals surface area contributed by atoms with Crippen molar-refractivity contribution in [3.05, 3.63) is 35.4 Å². The first kappa shape index (κ1) is 18.0. The van der Waals surface area contributed by atoms with Crippen LogP contribution in [0, 0.1) is 23.7 Å². The fourth-order valence-corrected chi connectivity index (χ4v) is 3.05. The summed E-state index contributed by atoms with van der Waals surface area (Å²) in [6.07, 6.45) is 0.843. The molecule has 1 aromatic carbocycles. The lowest BCUT2D eigenvalue weighted by atomic mass is 9.76. The van der Waals surface area contributed by atoms with Crippen LogP contribution < -0.4 is 5.32 Å². The first-order chi connectivity index (χ1) is 11.2. The lowest BCUT2D eigenvalue weighted by Gasteiger charge is -2.32. The number of Topliss-reactive ketones (excluding diaryl/α,β-unsaturated/α-hetero) is 1. The molecule has 2 rings (SSSR count). The molecule has 128 valence electrons. The summed E-state index contributed by atoms with van der Waals surface area (Å²) in [5.74, 6) is -0.119. The summed E-state index contributed by atoms with van der Waals surface area (Å²) in [4.78, 5) is 24.7. The van der Waals surface area contributed by atoms with Gasteiger partial charge in [-0.3, -0.25) is 4.79 Å². The summed E-state index contributed by atoms with van der Waals surface area (Å²) < 4.78 is 5.33. The molecule has 1 saturated carbocycles.